The van der Waals surface area contributed by atoms with E-state index in [0.717, 1.165) is 21.6 Å². The van der Waals surface area contributed by atoms with Crippen LogP contribution in [0.25, 0.3) is 6.08 Å². The third-order valence-corrected chi connectivity index (χ3v) is 4.56. The van der Waals surface area contributed by atoms with Crippen LogP contribution in [-0.4, -0.2) is 15.6 Å². The van der Waals surface area contributed by atoms with Gasteiger partial charge in [0.05, 0.1) is 11.3 Å². The normalized spacial score (nSPS) is 11.2. The molecule has 5 nitrogen and oxygen atoms in total. The van der Waals surface area contributed by atoms with Crippen LogP contribution in [0.2, 0.25) is 0 Å². The highest BCUT2D eigenvalue weighted by atomic mass is 79.9. The number of carbonyl (C=O) groups excluding carboxylic acids is 1. The quantitative estimate of drug-likeness (QED) is 0.426. The van der Waals surface area contributed by atoms with E-state index in [2.05, 4.69) is 21.0 Å². The first-order chi connectivity index (χ1) is 12.4. The van der Waals surface area contributed by atoms with E-state index in [1.54, 1.807) is 10.8 Å². The Labute approximate surface area is 160 Å². The van der Waals surface area contributed by atoms with Crippen LogP contribution >= 0.6 is 15.9 Å². The zero-order valence-electron chi connectivity index (χ0n) is 14.8. The summed E-state index contributed by atoms with van der Waals surface area (Å²) in [4.78, 5) is 12.4. The topological polar surface area (TPSA) is 57.3 Å². The molecule has 2 aromatic heterocycles. The van der Waals surface area contributed by atoms with E-state index in [1.165, 1.54) is 6.08 Å². The van der Waals surface area contributed by atoms with Gasteiger partial charge in [0.15, 0.2) is 5.78 Å². The number of ketones is 1. The van der Waals surface area contributed by atoms with Crippen LogP contribution in [0.15, 0.2) is 51.4 Å². The number of ether oxygens (including phenoxy) is 1. The molecule has 0 aliphatic rings. The number of benzene rings is 1. The minimum Gasteiger partial charge on any atom is -0.486 e. The minimum absolute atomic E-state index is 0.0860. The SMILES string of the molecule is Cc1nn(C)c(C)c1C(=O)/C=C/c1ccc(COc2ccc(Br)cc2)o1. The van der Waals surface area contributed by atoms with Gasteiger partial charge in [-0.05, 0) is 62.4 Å². The highest BCUT2D eigenvalue weighted by Crippen LogP contribution is 2.19. The van der Waals surface area contributed by atoms with E-state index in [1.807, 2.05) is 57.3 Å². The largest absolute Gasteiger partial charge is 0.486 e. The Balaban J connectivity index is 1.63. The lowest BCUT2D eigenvalue weighted by Crippen LogP contribution is -1.99. The van der Waals surface area contributed by atoms with E-state index in [9.17, 15) is 4.79 Å². The number of furan rings is 1. The Bertz CT molecular complexity index is 952. The van der Waals surface area contributed by atoms with Crippen LogP contribution in [0, 0.1) is 13.8 Å². The number of carbonyl (C=O) groups is 1. The second-order valence-electron chi connectivity index (χ2n) is 5.91. The maximum Gasteiger partial charge on any atom is 0.189 e. The Kier molecular flexibility index (Phi) is 5.42. The highest BCUT2D eigenvalue weighted by molar-refractivity contribution is 9.10. The van der Waals surface area contributed by atoms with Crippen molar-refractivity contribution in [3.05, 3.63) is 75.4 Å². The molecule has 0 amide bonds. The van der Waals surface area contributed by atoms with Crippen molar-refractivity contribution in [2.75, 3.05) is 0 Å². The molecule has 0 spiro atoms. The zero-order valence-corrected chi connectivity index (χ0v) is 16.4. The van der Waals surface area contributed by atoms with Gasteiger partial charge in [0, 0.05) is 17.2 Å². The van der Waals surface area contributed by atoms with Crippen molar-refractivity contribution in [3.63, 3.8) is 0 Å². The molecule has 0 bridgehead atoms. The fourth-order valence-corrected chi connectivity index (χ4v) is 2.88. The first-order valence-electron chi connectivity index (χ1n) is 8.13. The number of hydrogen-bond donors (Lipinski definition) is 0. The molecule has 0 N–H and O–H groups in total. The van der Waals surface area contributed by atoms with Gasteiger partial charge in [0.1, 0.15) is 23.9 Å². The summed E-state index contributed by atoms with van der Waals surface area (Å²) in [6.07, 6.45) is 3.17. The van der Waals surface area contributed by atoms with E-state index in [0.29, 0.717) is 23.7 Å². The van der Waals surface area contributed by atoms with Gasteiger partial charge in [0.25, 0.3) is 0 Å². The fourth-order valence-electron chi connectivity index (χ4n) is 2.62. The number of hydrogen-bond acceptors (Lipinski definition) is 4. The smallest absolute Gasteiger partial charge is 0.189 e. The van der Waals surface area contributed by atoms with Crippen LogP contribution in [0.3, 0.4) is 0 Å². The van der Waals surface area contributed by atoms with Gasteiger partial charge in [-0.3, -0.25) is 9.48 Å². The van der Waals surface area contributed by atoms with Crippen molar-refractivity contribution in [1.82, 2.24) is 9.78 Å². The molecule has 1 aromatic carbocycles. The van der Waals surface area contributed by atoms with Crippen molar-refractivity contribution in [2.45, 2.75) is 20.5 Å². The van der Waals surface area contributed by atoms with Gasteiger partial charge in [-0.2, -0.15) is 5.10 Å². The lowest BCUT2D eigenvalue weighted by molar-refractivity contribution is 0.104. The first kappa shape index (κ1) is 18.2. The van der Waals surface area contributed by atoms with Gasteiger partial charge in [-0.1, -0.05) is 15.9 Å². The third kappa shape index (κ3) is 4.14. The third-order valence-electron chi connectivity index (χ3n) is 4.03. The lowest BCUT2D eigenvalue weighted by Gasteiger charge is -2.03. The summed E-state index contributed by atoms with van der Waals surface area (Å²) >= 11 is 3.39. The summed E-state index contributed by atoms with van der Waals surface area (Å²) < 4.78 is 14.1. The molecule has 0 fully saturated rings. The molecule has 3 aromatic rings. The second kappa shape index (κ2) is 7.74. The molecular formula is C20H19BrN2O3. The van der Waals surface area contributed by atoms with E-state index >= 15 is 0 Å². The van der Waals surface area contributed by atoms with E-state index in [-0.39, 0.29) is 5.78 Å². The molecule has 134 valence electrons. The minimum atomic E-state index is -0.0860. The van der Waals surface area contributed by atoms with E-state index < -0.39 is 0 Å². The van der Waals surface area contributed by atoms with Gasteiger partial charge in [0.2, 0.25) is 0 Å². The van der Waals surface area contributed by atoms with Crippen molar-refractivity contribution in [2.24, 2.45) is 7.05 Å². The van der Waals surface area contributed by atoms with Crippen LogP contribution < -0.4 is 4.74 Å². The van der Waals surface area contributed by atoms with Gasteiger partial charge < -0.3 is 9.15 Å². The number of allylic oxidation sites excluding steroid dienone is 1. The molecule has 3 rings (SSSR count). The number of aromatic nitrogens is 2. The zero-order chi connectivity index (χ0) is 18.7. The summed E-state index contributed by atoms with van der Waals surface area (Å²) in [5.74, 6) is 1.97. The molecule has 0 atom stereocenters. The fraction of sp³-hybridized carbons (Fsp3) is 0.200. The summed E-state index contributed by atoms with van der Waals surface area (Å²) in [5.41, 5.74) is 2.21. The van der Waals surface area contributed by atoms with Gasteiger partial charge in [-0.25, -0.2) is 0 Å². The average molecular weight is 415 g/mol. The molecule has 0 aliphatic heterocycles. The molecule has 0 aliphatic carbocycles. The van der Waals surface area contributed by atoms with Crippen LogP contribution in [0.4, 0.5) is 0 Å². The summed E-state index contributed by atoms with van der Waals surface area (Å²) in [7, 11) is 1.83. The summed E-state index contributed by atoms with van der Waals surface area (Å²) in [6.45, 7) is 4.04. The molecule has 0 unspecified atom stereocenters. The van der Waals surface area contributed by atoms with Crippen LogP contribution in [0.5, 0.6) is 5.75 Å². The molecule has 0 saturated heterocycles. The number of aryl methyl sites for hydroxylation is 2. The van der Waals surface area contributed by atoms with Gasteiger partial charge in [-0.15, -0.1) is 0 Å². The molecule has 6 heteroatoms. The standard InChI is InChI=1S/C20H19BrN2O3/c1-13-20(14(2)23(3)22-13)19(24)11-10-17-8-9-18(26-17)12-25-16-6-4-15(21)5-7-16/h4-11H,12H2,1-3H3/b11-10+. The summed E-state index contributed by atoms with van der Waals surface area (Å²) in [6, 6.07) is 11.2. The van der Waals surface area contributed by atoms with E-state index in [4.69, 9.17) is 9.15 Å². The van der Waals surface area contributed by atoms with Crippen LogP contribution in [-0.2, 0) is 13.7 Å². The maximum absolute atomic E-state index is 12.4. The van der Waals surface area contributed by atoms with Crippen molar-refractivity contribution in [3.8, 4) is 5.75 Å². The molecule has 0 saturated carbocycles. The Morgan fingerprint density at radius 3 is 2.62 bits per heavy atom. The molecule has 26 heavy (non-hydrogen) atoms. The first-order valence-corrected chi connectivity index (χ1v) is 8.93. The highest BCUT2D eigenvalue weighted by Gasteiger charge is 2.15. The lowest BCUT2D eigenvalue weighted by atomic mass is 10.1. The maximum atomic E-state index is 12.4. The molecular weight excluding hydrogens is 396 g/mol. The second-order valence-corrected chi connectivity index (χ2v) is 6.83. The number of nitrogens with zero attached hydrogens (tertiary/aromatic N) is 2. The van der Waals surface area contributed by atoms with Crippen LogP contribution in [0.1, 0.15) is 33.3 Å². The number of rotatable bonds is 6. The van der Waals surface area contributed by atoms with Crippen molar-refractivity contribution < 1.29 is 13.9 Å². The van der Waals surface area contributed by atoms with Crippen molar-refractivity contribution in [1.29, 1.82) is 0 Å². The summed E-state index contributed by atoms with van der Waals surface area (Å²) in [5, 5.41) is 4.27. The Hall–Kier alpha value is -2.60. The van der Waals surface area contributed by atoms with Crippen molar-refractivity contribution >= 4 is 27.8 Å². The monoisotopic (exact) mass is 414 g/mol. The Morgan fingerprint density at radius 1 is 1.23 bits per heavy atom. The predicted octanol–water partition coefficient (Wildman–Crippen LogP) is 4.87. The van der Waals surface area contributed by atoms with Gasteiger partial charge >= 0.3 is 0 Å². The molecule has 0 radical (unpaired) electrons. The molecule has 2 heterocycles. The average Bonchev–Trinajstić information content (AvgIpc) is 3.17. The predicted molar refractivity (Wildman–Crippen MR) is 103 cm³/mol. The Morgan fingerprint density at radius 2 is 1.96 bits per heavy atom. The number of halogens is 1.